The molecule has 2 heteroatoms. The fourth-order valence-corrected chi connectivity index (χ4v) is 2.24. The van der Waals surface area contributed by atoms with Gasteiger partial charge < -0.3 is 0 Å². The summed E-state index contributed by atoms with van der Waals surface area (Å²) < 4.78 is 0. The largest absolute Gasteiger partial charge is 0.233 e. The van der Waals surface area contributed by atoms with E-state index in [0.29, 0.717) is 0 Å². The summed E-state index contributed by atoms with van der Waals surface area (Å²) in [5.74, 6) is 0.785. The summed E-state index contributed by atoms with van der Waals surface area (Å²) in [4.78, 5) is 9.26. The van der Waals surface area contributed by atoms with Crippen LogP contribution in [0, 0.1) is 13.8 Å². The van der Waals surface area contributed by atoms with Crippen LogP contribution in [0.15, 0.2) is 60.7 Å². The Kier molecular flexibility index (Phi) is 5.42. The van der Waals surface area contributed by atoms with Crippen molar-refractivity contribution >= 4 is 0 Å². The van der Waals surface area contributed by atoms with Crippen LogP contribution in [0.5, 0.6) is 0 Å². The molecule has 0 aliphatic heterocycles. The molecular formula is C20H22N2. The fraction of sp³-hybridized carbons (Fsp3) is 0.200. The molecule has 112 valence electrons. The summed E-state index contributed by atoms with van der Waals surface area (Å²) in [6.07, 6.45) is 0. The normalized spacial score (nSPS) is 9.82. The molecule has 0 fully saturated rings. The zero-order valence-electron chi connectivity index (χ0n) is 13.7. The van der Waals surface area contributed by atoms with Crippen molar-refractivity contribution in [2.24, 2.45) is 0 Å². The Morgan fingerprint density at radius 3 is 2.05 bits per heavy atom. The van der Waals surface area contributed by atoms with E-state index in [2.05, 4.69) is 42.2 Å². The van der Waals surface area contributed by atoms with Crippen LogP contribution in [0.4, 0.5) is 0 Å². The van der Waals surface area contributed by atoms with Gasteiger partial charge in [0.15, 0.2) is 5.82 Å². The minimum atomic E-state index is 0.785. The lowest BCUT2D eigenvalue weighted by atomic mass is 10.1. The number of aryl methyl sites for hydroxylation is 2. The molecule has 0 aliphatic rings. The van der Waals surface area contributed by atoms with Crippen molar-refractivity contribution in [1.29, 1.82) is 0 Å². The second-order valence-corrected chi connectivity index (χ2v) is 4.95. The van der Waals surface area contributed by atoms with E-state index in [4.69, 9.17) is 4.98 Å². The van der Waals surface area contributed by atoms with Crippen molar-refractivity contribution in [3.63, 3.8) is 0 Å². The first-order chi connectivity index (χ1) is 10.7. The van der Waals surface area contributed by atoms with Crippen LogP contribution in [0.3, 0.4) is 0 Å². The Hall–Kier alpha value is -2.48. The number of aromatic nitrogens is 2. The number of hydrogen-bond acceptors (Lipinski definition) is 2. The lowest BCUT2D eigenvalue weighted by Gasteiger charge is -2.07. The highest BCUT2D eigenvalue weighted by Gasteiger charge is 2.06. The topological polar surface area (TPSA) is 25.8 Å². The Morgan fingerprint density at radius 2 is 1.36 bits per heavy atom. The van der Waals surface area contributed by atoms with E-state index in [1.807, 2.05) is 51.1 Å². The van der Waals surface area contributed by atoms with E-state index >= 15 is 0 Å². The average Bonchev–Trinajstić information content (AvgIpc) is 2.57. The van der Waals surface area contributed by atoms with Gasteiger partial charge in [0.2, 0.25) is 0 Å². The Balaban J connectivity index is 0.000000847. The molecule has 22 heavy (non-hydrogen) atoms. The van der Waals surface area contributed by atoms with Gasteiger partial charge in [-0.05, 0) is 26.0 Å². The van der Waals surface area contributed by atoms with E-state index in [1.165, 1.54) is 5.56 Å². The SMILES string of the molecule is CC.Cc1cccc(-c2nc(C)cc(-c3ccccc3)n2)c1. The molecule has 3 rings (SSSR count). The van der Waals surface area contributed by atoms with Gasteiger partial charge in [-0.2, -0.15) is 0 Å². The second-order valence-electron chi connectivity index (χ2n) is 4.95. The van der Waals surface area contributed by atoms with Gasteiger partial charge in [0, 0.05) is 16.8 Å². The molecule has 0 amide bonds. The van der Waals surface area contributed by atoms with Crippen molar-refractivity contribution in [3.8, 4) is 22.6 Å². The predicted molar refractivity (Wildman–Crippen MR) is 93.7 cm³/mol. The van der Waals surface area contributed by atoms with E-state index in [9.17, 15) is 0 Å². The fourth-order valence-electron chi connectivity index (χ4n) is 2.24. The number of benzene rings is 2. The second kappa shape index (κ2) is 7.51. The van der Waals surface area contributed by atoms with Crippen molar-refractivity contribution < 1.29 is 0 Å². The van der Waals surface area contributed by atoms with Crippen LogP contribution in [-0.4, -0.2) is 9.97 Å². The zero-order valence-corrected chi connectivity index (χ0v) is 13.7. The standard InChI is InChI=1S/C18H16N2.C2H6/c1-13-7-6-10-16(11-13)18-19-14(2)12-17(20-18)15-8-4-3-5-9-15;1-2/h3-12H,1-2H3;1-2H3. The molecule has 3 aromatic rings. The molecule has 1 heterocycles. The molecule has 0 bridgehead atoms. The van der Waals surface area contributed by atoms with Crippen LogP contribution >= 0.6 is 0 Å². The van der Waals surface area contributed by atoms with Crippen molar-refractivity contribution in [2.45, 2.75) is 27.7 Å². The molecule has 0 unspecified atom stereocenters. The Morgan fingerprint density at radius 1 is 0.682 bits per heavy atom. The highest BCUT2D eigenvalue weighted by atomic mass is 14.9. The highest BCUT2D eigenvalue weighted by Crippen LogP contribution is 2.22. The monoisotopic (exact) mass is 290 g/mol. The van der Waals surface area contributed by atoms with Gasteiger partial charge in [-0.25, -0.2) is 9.97 Å². The molecular weight excluding hydrogens is 268 g/mol. The third-order valence-corrected chi connectivity index (χ3v) is 3.20. The number of hydrogen-bond donors (Lipinski definition) is 0. The number of nitrogens with zero attached hydrogens (tertiary/aromatic N) is 2. The van der Waals surface area contributed by atoms with E-state index in [0.717, 1.165) is 28.3 Å². The van der Waals surface area contributed by atoms with Gasteiger partial charge in [-0.1, -0.05) is 67.9 Å². The van der Waals surface area contributed by atoms with Gasteiger partial charge in [0.1, 0.15) is 0 Å². The molecule has 2 aromatic carbocycles. The van der Waals surface area contributed by atoms with E-state index < -0.39 is 0 Å². The van der Waals surface area contributed by atoms with Gasteiger partial charge >= 0.3 is 0 Å². The Labute approximate surface area is 132 Å². The van der Waals surface area contributed by atoms with Crippen LogP contribution < -0.4 is 0 Å². The first-order valence-electron chi connectivity index (χ1n) is 7.70. The average molecular weight is 290 g/mol. The maximum atomic E-state index is 4.70. The van der Waals surface area contributed by atoms with Gasteiger partial charge in [-0.15, -0.1) is 0 Å². The molecule has 0 spiro atoms. The molecule has 0 aliphatic carbocycles. The third-order valence-electron chi connectivity index (χ3n) is 3.20. The predicted octanol–water partition coefficient (Wildman–Crippen LogP) is 5.45. The summed E-state index contributed by atoms with van der Waals surface area (Å²) >= 11 is 0. The van der Waals surface area contributed by atoms with Crippen LogP contribution in [0.1, 0.15) is 25.1 Å². The van der Waals surface area contributed by atoms with Gasteiger partial charge in [0.25, 0.3) is 0 Å². The van der Waals surface area contributed by atoms with Gasteiger partial charge in [0.05, 0.1) is 5.69 Å². The lowest BCUT2D eigenvalue weighted by molar-refractivity contribution is 1.11. The zero-order chi connectivity index (χ0) is 15.9. The molecule has 0 radical (unpaired) electrons. The molecule has 1 aromatic heterocycles. The van der Waals surface area contributed by atoms with Crippen molar-refractivity contribution in [2.75, 3.05) is 0 Å². The van der Waals surface area contributed by atoms with Crippen molar-refractivity contribution in [1.82, 2.24) is 9.97 Å². The van der Waals surface area contributed by atoms with Crippen LogP contribution in [0.25, 0.3) is 22.6 Å². The molecule has 0 saturated heterocycles. The van der Waals surface area contributed by atoms with E-state index in [1.54, 1.807) is 0 Å². The van der Waals surface area contributed by atoms with E-state index in [-0.39, 0.29) is 0 Å². The summed E-state index contributed by atoms with van der Waals surface area (Å²) in [6.45, 7) is 8.09. The summed E-state index contributed by atoms with van der Waals surface area (Å²) in [5.41, 5.74) is 5.34. The number of rotatable bonds is 2. The smallest absolute Gasteiger partial charge is 0.160 e. The molecule has 0 atom stereocenters. The highest BCUT2D eigenvalue weighted by molar-refractivity contribution is 5.64. The Bertz CT molecular complexity index is 734. The molecule has 2 nitrogen and oxygen atoms in total. The molecule has 0 saturated carbocycles. The minimum absolute atomic E-state index is 0.785. The maximum absolute atomic E-state index is 4.70. The van der Waals surface area contributed by atoms with Crippen LogP contribution in [0.2, 0.25) is 0 Å². The first kappa shape index (κ1) is 15.9. The van der Waals surface area contributed by atoms with Crippen LogP contribution in [-0.2, 0) is 0 Å². The quantitative estimate of drug-likeness (QED) is 0.627. The molecule has 0 N–H and O–H groups in total. The van der Waals surface area contributed by atoms with Gasteiger partial charge in [-0.3, -0.25) is 0 Å². The third kappa shape index (κ3) is 3.79. The first-order valence-corrected chi connectivity index (χ1v) is 7.70. The minimum Gasteiger partial charge on any atom is -0.233 e. The lowest BCUT2D eigenvalue weighted by Crippen LogP contribution is -1.95. The maximum Gasteiger partial charge on any atom is 0.160 e. The summed E-state index contributed by atoms with van der Waals surface area (Å²) in [5, 5.41) is 0. The van der Waals surface area contributed by atoms with Crippen molar-refractivity contribution in [3.05, 3.63) is 71.9 Å². The summed E-state index contributed by atoms with van der Waals surface area (Å²) in [6, 6.07) is 20.5. The summed E-state index contributed by atoms with van der Waals surface area (Å²) in [7, 11) is 0.